The summed E-state index contributed by atoms with van der Waals surface area (Å²) in [5.74, 6) is 1.26. The summed E-state index contributed by atoms with van der Waals surface area (Å²) in [6, 6.07) is 7.62. The van der Waals surface area contributed by atoms with E-state index in [0.29, 0.717) is 19.0 Å². The lowest BCUT2D eigenvalue weighted by atomic mass is 10.1. The van der Waals surface area contributed by atoms with Crippen molar-refractivity contribution in [2.75, 3.05) is 13.2 Å². The molecule has 1 N–H and O–H groups in total. The van der Waals surface area contributed by atoms with E-state index in [1.807, 2.05) is 36.7 Å². The molecule has 0 aliphatic carbocycles. The Kier molecular flexibility index (Phi) is 7.63. The summed E-state index contributed by atoms with van der Waals surface area (Å²) in [6.07, 6.45) is 9.72. The van der Waals surface area contributed by atoms with Gasteiger partial charge in [-0.1, -0.05) is 26.3 Å². The summed E-state index contributed by atoms with van der Waals surface area (Å²) < 4.78 is 5.58. The van der Waals surface area contributed by atoms with Crippen LogP contribution in [0.3, 0.4) is 0 Å². The van der Waals surface area contributed by atoms with Gasteiger partial charge in [0.05, 0.1) is 6.54 Å². The van der Waals surface area contributed by atoms with Crippen molar-refractivity contribution in [2.45, 2.75) is 32.6 Å². The maximum atomic E-state index is 11.0. The van der Waals surface area contributed by atoms with E-state index in [1.165, 1.54) is 30.9 Å². The summed E-state index contributed by atoms with van der Waals surface area (Å²) >= 11 is 0. The molecule has 25 heavy (non-hydrogen) atoms. The summed E-state index contributed by atoms with van der Waals surface area (Å²) in [5.41, 5.74) is 2.13. The van der Waals surface area contributed by atoms with Crippen LogP contribution < -0.4 is 10.1 Å². The standard InChI is InChI=1S/C20H25N3O2/c1-3-5-6-7-16-14-22-20(23-15-16)17-8-10-18(11-9-17)25-13-12-21-19(24)4-2/h4,8-11,14-15H,2-3,5-7,12-13H2,1H3,(H,21,24). The number of nitrogens with zero attached hydrogens (tertiary/aromatic N) is 2. The van der Waals surface area contributed by atoms with E-state index in [0.717, 1.165) is 17.7 Å². The van der Waals surface area contributed by atoms with Gasteiger partial charge in [-0.25, -0.2) is 9.97 Å². The van der Waals surface area contributed by atoms with Crippen LogP contribution in [-0.2, 0) is 11.2 Å². The lowest BCUT2D eigenvalue weighted by Gasteiger charge is -2.07. The van der Waals surface area contributed by atoms with E-state index in [2.05, 4.69) is 28.8 Å². The minimum Gasteiger partial charge on any atom is -0.492 e. The van der Waals surface area contributed by atoms with Crippen LogP contribution in [0.1, 0.15) is 31.7 Å². The minimum absolute atomic E-state index is 0.200. The summed E-state index contributed by atoms with van der Waals surface area (Å²) in [7, 11) is 0. The topological polar surface area (TPSA) is 64.1 Å². The van der Waals surface area contributed by atoms with E-state index in [1.54, 1.807) is 0 Å². The van der Waals surface area contributed by atoms with Gasteiger partial charge in [0.2, 0.25) is 5.91 Å². The van der Waals surface area contributed by atoms with Crippen LogP contribution in [0.2, 0.25) is 0 Å². The van der Waals surface area contributed by atoms with E-state index < -0.39 is 0 Å². The van der Waals surface area contributed by atoms with E-state index in [-0.39, 0.29) is 5.91 Å². The highest BCUT2D eigenvalue weighted by atomic mass is 16.5. The number of unbranched alkanes of at least 4 members (excludes halogenated alkanes) is 2. The molecule has 0 aliphatic heterocycles. The molecule has 0 aliphatic rings. The second kappa shape index (κ2) is 10.2. The van der Waals surface area contributed by atoms with Gasteiger partial charge in [-0.3, -0.25) is 4.79 Å². The first-order valence-corrected chi connectivity index (χ1v) is 8.67. The molecule has 5 nitrogen and oxygen atoms in total. The Morgan fingerprint density at radius 3 is 2.56 bits per heavy atom. The molecule has 2 aromatic rings. The Bertz CT molecular complexity index is 666. The number of rotatable bonds is 10. The average Bonchev–Trinajstić information content (AvgIpc) is 2.66. The quantitative estimate of drug-likeness (QED) is 0.531. The molecule has 2 rings (SSSR count). The summed E-state index contributed by atoms with van der Waals surface area (Å²) in [5, 5.41) is 2.66. The molecule has 5 heteroatoms. The number of hydrogen-bond donors (Lipinski definition) is 1. The Balaban J connectivity index is 1.84. The van der Waals surface area contributed by atoms with Crippen molar-refractivity contribution in [3.63, 3.8) is 0 Å². The Labute approximate surface area is 149 Å². The maximum Gasteiger partial charge on any atom is 0.243 e. The van der Waals surface area contributed by atoms with Gasteiger partial charge in [0, 0.05) is 18.0 Å². The van der Waals surface area contributed by atoms with Crippen molar-refractivity contribution in [2.24, 2.45) is 0 Å². The largest absolute Gasteiger partial charge is 0.492 e. The molecular weight excluding hydrogens is 314 g/mol. The SMILES string of the molecule is C=CC(=O)NCCOc1ccc(-c2ncc(CCCCC)cn2)cc1. The smallest absolute Gasteiger partial charge is 0.243 e. The molecular formula is C20H25N3O2. The van der Waals surface area contributed by atoms with Gasteiger partial charge < -0.3 is 10.1 Å². The third-order valence-corrected chi connectivity index (χ3v) is 3.74. The zero-order valence-electron chi connectivity index (χ0n) is 14.7. The third-order valence-electron chi connectivity index (χ3n) is 3.74. The van der Waals surface area contributed by atoms with Crippen LogP contribution in [0.5, 0.6) is 5.75 Å². The molecule has 0 atom stereocenters. The molecule has 1 aromatic heterocycles. The molecule has 0 unspecified atom stereocenters. The van der Waals surface area contributed by atoms with Gasteiger partial charge in [0.1, 0.15) is 12.4 Å². The Morgan fingerprint density at radius 1 is 1.20 bits per heavy atom. The number of amides is 1. The fourth-order valence-electron chi connectivity index (χ4n) is 2.33. The molecule has 0 radical (unpaired) electrons. The van der Waals surface area contributed by atoms with E-state index >= 15 is 0 Å². The predicted molar refractivity (Wildman–Crippen MR) is 99.4 cm³/mol. The molecule has 1 heterocycles. The number of nitrogens with one attached hydrogen (secondary N) is 1. The summed E-state index contributed by atoms with van der Waals surface area (Å²) in [6.45, 7) is 6.44. The average molecular weight is 339 g/mol. The Hall–Kier alpha value is -2.69. The molecule has 0 bridgehead atoms. The van der Waals surface area contributed by atoms with Crippen molar-refractivity contribution >= 4 is 5.91 Å². The fraction of sp³-hybridized carbons (Fsp3) is 0.350. The monoisotopic (exact) mass is 339 g/mol. The Morgan fingerprint density at radius 2 is 1.92 bits per heavy atom. The molecule has 1 amide bonds. The van der Waals surface area contributed by atoms with Crippen LogP contribution in [0.4, 0.5) is 0 Å². The lowest BCUT2D eigenvalue weighted by molar-refractivity contribution is -0.116. The van der Waals surface area contributed by atoms with Crippen LogP contribution >= 0.6 is 0 Å². The molecule has 0 spiro atoms. The number of ether oxygens (including phenoxy) is 1. The van der Waals surface area contributed by atoms with E-state index in [9.17, 15) is 4.79 Å². The van der Waals surface area contributed by atoms with Crippen molar-refractivity contribution < 1.29 is 9.53 Å². The van der Waals surface area contributed by atoms with Crippen LogP contribution in [0, 0.1) is 0 Å². The third kappa shape index (κ3) is 6.37. The van der Waals surface area contributed by atoms with Crippen molar-refractivity contribution in [1.82, 2.24) is 15.3 Å². The molecule has 132 valence electrons. The van der Waals surface area contributed by atoms with Crippen molar-refractivity contribution in [1.29, 1.82) is 0 Å². The van der Waals surface area contributed by atoms with Gasteiger partial charge in [-0.05, 0) is 48.7 Å². The zero-order valence-corrected chi connectivity index (χ0v) is 14.7. The number of carbonyl (C=O) groups excluding carboxylic acids is 1. The lowest BCUT2D eigenvalue weighted by Crippen LogP contribution is -2.26. The predicted octanol–water partition coefficient (Wildman–Crippen LogP) is 3.56. The highest BCUT2D eigenvalue weighted by Gasteiger charge is 2.03. The first-order valence-electron chi connectivity index (χ1n) is 8.67. The molecule has 0 saturated carbocycles. The number of benzene rings is 1. The molecule has 1 aromatic carbocycles. The van der Waals surface area contributed by atoms with Gasteiger partial charge in [0.15, 0.2) is 5.82 Å². The van der Waals surface area contributed by atoms with Gasteiger partial charge in [-0.2, -0.15) is 0 Å². The fourth-order valence-corrected chi connectivity index (χ4v) is 2.33. The number of carbonyl (C=O) groups is 1. The van der Waals surface area contributed by atoms with Crippen LogP contribution in [-0.4, -0.2) is 29.0 Å². The normalized spacial score (nSPS) is 10.3. The van der Waals surface area contributed by atoms with Crippen molar-refractivity contribution in [3.05, 3.63) is 54.9 Å². The van der Waals surface area contributed by atoms with Gasteiger partial charge in [0.25, 0.3) is 0 Å². The first kappa shape index (κ1) is 18.6. The minimum atomic E-state index is -0.200. The maximum absolute atomic E-state index is 11.0. The highest BCUT2D eigenvalue weighted by molar-refractivity contribution is 5.86. The highest BCUT2D eigenvalue weighted by Crippen LogP contribution is 2.19. The second-order valence-electron chi connectivity index (χ2n) is 5.74. The molecule has 0 fully saturated rings. The van der Waals surface area contributed by atoms with Gasteiger partial charge in [-0.15, -0.1) is 0 Å². The number of hydrogen-bond acceptors (Lipinski definition) is 4. The molecule has 0 saturated heterocycles. The van der Waals surface area contributed by atoms with Crippen LogP contribution in [0.25, 0.3) is 11.4 Å². The number of aromatic nitrogens is 2. The summed E-state index contributed by atoms with van der Waals surface area (Å²) in [4.78, 5) is 19.9. The number of aryl methyl sites for hydroxylation is 1. The van der Waals surface area contributed by atoms with E-state index in [4.69, 9.17) is 4.74 Å². The van der Waals surface area contributed by atoms with Crippen molar-refractivity contribution in [3.8, 4) is 17.1 Å². The zero-order chi connectivity index (χ0) is 17.9. The first-order chi connectivity index (χ1) is 12.2. The van der Waals surface area contributed by atoms with Gasteiger partial charge >= 0.3 is 0 Å². The van der Waals surface area contributed by atoms with Crippen LogP contribution in [0.15, 0.2) is 49.3 Å². The second-order valence-corrected chi connectivity index (χ2v) is 5.74.